The summed E-state index contributed by atoms with van der Waals surface area (Å²) < 4.78 is 29.7. The molecule has 27 heavy (non-hydrogen) atoms. The van der Waals surface area contributed by atoms with Crippen molar-refractivity contribution in [3.05, 3.63) is 54.9 Å². The Bertz CT molecular complexity index is 1030. The lowest BCUT2D eigenvalue weighted by Gasteiger charge is -2.22. The van der Waals surface area contributed by atoms with Crippen LogP contribution in [0.15, 0.2) is 54.9 Å². The number of para-hydroxylation sites is 1. The number of rotatable bonds is 4. The summed E-state index contributed by atoms with van der Waals surface area (Å²) in [6.45, 7) is 2.05. The van der Waals surface area contributed by atoms with Crippen molar-refractivity contribution in [2.45, 2.75) is 6.42 Å². The lowest BCUT2D eigenvalue weighted by molar-refractivity contribution is 0.437. The van der Waals surface area contributed by atoms with Crippen molar-refractivity contribution < 1.29 is 8.42 Å². The minimum Gasteiger partial charge on any atom is -0.339 e. The molecule has 0 amide bonds. The second kappa shape index (κ2) is 7.45. The van der Waals surface area contributed by atoms with E-state index in [2.05, 4.69) is 19.7 Å². The van der Waals surface area contributed by atoms with E-state index in [1.165, 1.54) is 4.31 Å². The highest BCUT2D eigenvalue weighted by atomic mass is 32.2. The van der Waals surface area contributed by atoms with E-state index in [1.807, 2.05) is 35.2 Å². The van der Waals surface area contributed by atoms with E-state index < -0.39 is 10.2 Å². The van der Waals surface area contributed by atoms with Gasteiger partial charge in [-0.2, -0.15) is 12.7 Å². The van der Waals surface area contributed by atoms with Crippen LogP contribution in [-0.4, -0.2) is 53.9 Å². The molecule has 1 N–H and O–H groups in total. The molecule has 1 aromatic carbocycles. The van der Waals surface area contributed by atoms with E-state index in [0.29, 0.717) is 44.4 Å². The summed E-state index contributed by atoms with van der Waals surface area (Å²) in [6.07, 6.45) is 4.08. The van der Waals surface area contributed by atoms with E-state index in [1.54, 1.807) is 24.5 Å². The molecule has 2 aromatic heterocycles. The Morgan fingerprint density at radius 2 is 1.70 bits per heavy atom. The number of nitrogens with zero attached hydrogens (tertiary/aromatic N) is 5. The van der Waals surface area contributed by atoms with Crippen molar-refractivity contribution in [3.8, 4) is 0 Å². The first-order valence-corrected chi connectivity index (χ1v) is 10.2. The van der Waals surface area contributed by atoms with Crippen LogP contribution < -0.4 is 9.62 Å². The van der Waals surface area contributed by atoms with Crippen molar-refractivity contribution in [2.75, 3.05) is 35.8 Å². The molecule has 4 rings (SSSR count). The van der Waals surface area contributed by atoms with E-state index in [-0.39, 0.29) is 0 Å². The highest BCUT2D eigenvalue weighted by molar-refractivity contribution is 7.90. The van der Waals surface area contributed by atoms with Gasteiger partial charge in [0.25, 0.3) is 0 Å². The molecule has 0 saturated carbocycles. The van der Waals surface area contributed by atoms with Gasteiger partial charge < -0.3 is 4.90 Å². The molecule has 8 nitrogen and oxygen atoms in total. The van der Waals surface area contributed by atoms with E-state index >= 15 is 0 Å². The molecule has 0 bridgehead atoms. The molecule has 0 atom stereocenters. The Balaban J connectivity index is 1.48. The maximum absolute atomic E-state index is 12.8. The highest BCUT2D eigenvalue weighted by Gasteiger charge is 2.26. The van der Waals surface area contributed by atoms with Gasteiger partial charge in [-0.15, -0.1) is 0 Å². The molecule has 0 aliphatic carbocycles. The van der Waals surface area contributed by atoms with Gasteiger partial charge in [-0.1, -0.05) is 18.2 Å². The van der Waals surface area contributed by atoms with Crippen LogP contribution in [0, 0.1) is 0 Å². The number of pyridine rings is 1. The largest absolute Gasteiger partial charge is 0.339 e. The van der Waals surface area contributed by atoms with Crippen molar-refractivity contribution >= 4 is 32.9 Å². The maximum atomic E-state index is 12.8. The maximum Gasteiger partial charge on any atom is 0.302 e. The summed E-state index contributed by atoms with van der Waals surface area (Å²) in [6, 6.07) is 12.9. The number of nitrogens with one attached hydrogen (secondary N) is 1. The first-order chi connectivity index (χ1) is 13.1. The van der Waals surface area contributed by atoms with Crippen molar-refractivity contribution in [1.29, 1.82) is 0 Å². The molecule has 1 fully saturated rings. The van der Waals surface area contributed by atoms with E-state index in [9.17, 15) is 8.42 Å². The van der Waals surface area contributed by atoms with Gasteiger partial charge >= 0.3 is 10.2 Å². The third-order valence-electron chi connectivity index (χ3n) is 4.46. The zero-order chi connectivity index (χ0) is 18.7. The van der Waals surface area contributed by atoms with Crippen LogP contribution in [-0.2, 0) is 10.2 Å². The predicted octanol–water partition coefficient (Wildman–Crippen LogP) is 1.89. The summed E-state index contributed by atoms with van der Waals surface area (Å²) in [5, 5.41) is 0.966. The standard InChI is InChI=1S/C18H20N6O2S/c25-27(26,22-17-8-7-15-5-1-2-6-16(15)21-17)24-12-4-11-23(13-14-24)18-19-9-3-10-20-18/h1-3,5-10H,4,11-14H2,(H,21,22). The van der Waals surface area contributed by atoms with Gasteiger partial charge in [0, 0.05) is 44.0 Å². The molecule has 1 aliphatic rings. The first-order valence-electron chi connectivity index (χ1n) is 8.77. The monoisotopic (exact) mass is 384 g/mol. The number of hydrogen-bond donors (Lipinski definition) is 1. The Kier molecular flexibility index (Phi) is 4.87. The number of anilines is 2. The van der Waals surface area contributed by atoms with Crippen LogP contribution in [0.5, 0.6) is 0 Å². The summed E-state index contributed by atoms with van der Waals surface area (Å²) in [4.78, 5) is 14.9. The van der Waals surface area contributed by atoms with Gasteiger partial charge in [0.05, 0.1) is 5.52 Å². The van der Waals surface area contributed by atoms with Crippen molar-refractivity contribution in [2.24, 2.45) is 0 Å². The minimum atomic E-state index is -3.68. The summed E-state index contributed by atoms with van der Waals surface area (Å²) in [5.74, 6) is 0.946. The second-order valence-corrected chi connectivity index (χ2v) is 7.96. The normalized spacial score (nSPS) is 16.2. The van der Waals surface area contributed by atoms with Crippen LogP contribution in [0.1, 0.15) is 6.42 Å². The second-order valence-electron chi connectivity index (χ2n) is 6.28. The van der Waals surface area contributed by atoms with Crippen LogP contribution in [0.2, 0.25) is 0 Å². The molecular formula is C18H20N6O2S. The van der Waals surface area contributed by atoms with Crippen LogP contribution >= 0.6 is 0 Å². The lowest BCUT2D eigenvalue weighted by atomic mass is 10.2. The number of hydrogen-bond acceptors (Lipinski definition) is 6. The van der Waals surface area contributed by atoms with E-state index in [4.69, 9.17) is 0 Å². The van der Waals surface area contributed by atoms with Crippen LogP contribution in [0.4, 0.5) is 11.8 Å². The van der Waals surface area contributed by atoms with E-state index in [0.717, 1.165) is 10.9 Å². The molecule has 0 spiro atoms. The SMILES string of the molecule is O=S(=O)(Nc1ccc2ccccc2n1)N1CCCN(c2ncccn2)CC1. The average Bonchev–Trinajstić information content (AvgIpc) is 2.95. The molecular weight excluding hydrogens is 364 g/mol. The zero-order valence-corrected chi connectivity index (χ0v) is 15.5. The van der Waals surface area contributed by atoms with Crippen molar-refractivity contribution in [1.82, 2.24) is 19.3 Å². The quantitative estimate of drug-likeness (QED) is 0.739. The van der Waals surface area contributed by atoms with Gasteiger partial charge in [-0.25, -0.2) is 15.0 Å². The van der Waals surface area contributed by atoms with Gasteiger partial charge in [0.1, 0.15) is 5.82 Å². The molecule has 1 aliphatic heterocycles. The van der Waals surface area contributed by atoms with Gasteiger partial charge in [-0.3, -0.25) is 4.72 Å². The average molecular weight is 384 g/mol. The smallest absolute Gasteiger partial charge is 0.302 e. The van der Waals surface area contributed by atoms with Gasteiger partial charge in [0.15, 0.2) is 0 Å². The topological polar surface area (TPSA) is 91.3 Å². The van der Waals surface area contributed by atoms with Crippen LogP contribution in [0.3, 0.4) is 0 Å². The fraction of sp³-hybridized carbons (Fsp3) is 0.278. The molecule has 3 heterocycles. The molecule has 1 saturated heterocycles. The molecule has 0 radical (unpaired) electrons. The predicted molar refractivity (Wildman–Crippen MR) is 105 cm³/mol. The Hall–Kier alpha value is -2.78. The Morgan fingerprint density at radius 3 is 2.56 bits per heavy atom. The molecule has 9 heteroatoms. The molecule has 3 aromatic rings. The number of benzene rings is 1. The molecule has 0 unspecified atom stereocenters. The Labute approximate surface area is 158 Å². The fourth-order valence-corrected chi connectivity index (χ4v) is 4.31. The number of fused-ring (bicyclic) bond motifs is 1. The summed E-state index contributed by atoms with van der Waals surface area (Å²) in [5.41, 5.74) is 0.751. The minimum absolute atomic E-state index is 0.321. The third-order valence-corrected chi connectivity index (χ3v) is 5.97. The molecule has 140 valence electrons. The van der Waals surface area contributed by atoms with Crippen LogP contribution in [0.25, 0.3) is 10.9 Å². The van der Waals surface area contributed by atoms with Crippen molar-refractivity contribution in [3.63, 3.8) is 0 Å². The zero-order valence-electron chi connectivity index (χ0n) is 14.7. The summed E-state index contributed by atoms with van der Waals surface area (Å²) in [7, 11) is -3.68. The summed E-state index contributed by atoms with van der Waals surface area (Å²) >= 11 is 0. The lowest BCUT2D eigenvalue weighted by Crippen LogP contribution is -2.39. The highest BCUT2D eigenvalue weighted by Crippen LogP contribution is 2.18. The Morgan fingerprint density at radius 1 is 0.889 bits per heavy atom. The third kappa shape index (κ3) is 3.99. The van der Waals surface area contributed by atoms with Gasteiger partial charge in [-0.05, 0) is 30.7 Å². The fourth-order valence-electron chi connectivity index (χ4n) is 3.11. The first kappa shape index (κ1) is 17.6. The van der Waals surface area contributed by atoms with Gasteiger partial charge in [0.2, 0.25) is 5.95 Å². The number of aromatic nitrogens is 3.